The van der Waals surface area contributed by atoms with Crippen LogP contribution in [0.3, 0.4) is 0 Å². The smallest absolute Gasteiger partial charge is 0.309 e. The first-order valence-electron chi connectivity index (χ1n) is 10.9. The van der Waals surface area contributed by atoms with E-state index in [0.717, 1.165) is 0 Å². The summed E-state index contributed by atoms with van der Waals surface area (Å²) in [5, 5.41) is 0.666. The Kier molecular flexibility index (Phi) is 7.67. The normalized spacial score (nSPS) is 14.2. The van der Waals surface area contributed by atoms with E-state index in [0.29, 0.717) is 66.4 Å². The predicted molar refractivity (Wildman–Crippen MR) is 121 cm³/mol. The van der Waals surface area contributed by atoms with Gasteiger partial charge in [0.05, 0.1) is 45.9 Å². The number of H-pyrrole nitrogens is 1. The number of amides is 2. The minimum Gasteiger partial charge on any atom is -0.496 e. The van der Waals surface area contributed by atoms with Crippen molar-refractivity contribution in [1.82, 2.24) is 14.8 Å². The van der Waals surface area contributed by atoms with Crippen LogP contribution >= 0.6 is 0 Å². The number of methoxy groups -OCH3 is 3. The molecule has 1 saturated heterocycles. The molecule has 1 aromatic carbocycles. The van der Waals surface area contributed by atoms with Gasteiger partial charge in [0.15, 0.2) is 11.5 Å². The zero-order chi connectivity index (χ0) is 24.1. The van der Waals surface area contributed by atoms with Crippen molar-refractivity contribution in [1.29, 1.82) is 0 Å². The molecule has 0 bridgehead atoms. The molecule has 10 nitrogen and oxygen atoms in total. The number of hydrogen-bond donors (Lipinski definition) is 1. The zero-order valence-electron chi connectivity index (χ0n) is 19.7. The van der Waals surface area contributed by atoms with Crippen LogP contribution in [0, 0.1) is 5.92 Å². The number of nitrogens with one attached hydrogen (secondary N) is 1. The van der Waals surface area contributed by atoms with Gasteiger partial charge in [-0.15, -0.1) is 0 Å². The maximum Gasteiger partial charge on any atom is 0.309 e. The fourth-order valence-corrected chi connectivity index (χ4v) is 4.06. The summed E-state index contributed by atoms with van der Waals surface area (Å²) < 4.78 is 21.3. The van der Waals surface area contributed by atoms with Crippen LogP contribution in [-0.2, 0) is 14.3 Å². The SMILES string of the molecule is CCOC(=O)C1CCN(C(=O)CN(C)C(=O)c2cc3c(OC)cc(OC)c(OC)c3[nH]2)CC1. The summed E-state index contributed by atoms with van der Waals surface area (Å²) in [6.45, 7) is 2.98. The van der Waals surface area contributed by atoms with Crippen LogP contribution in [0.1, 0.15) is 30.3 Å². The molecule has 0 radical (unpaired) electrons. The van der Waals surface area contributed by atoms with Crippen LogP contribution in [0.4, 0.5) is 0 Å². The molecule has 1 aromatic heterocycles. The number of ether oxygens (including phenoxy) is 4. The largest absolute Gasteiger partial charge is 0.496 e. The summed E-state index contributed by atoms with van der Waals surface area (Å²) >= 11 is 0. The van der Waals surface area contributed by atoms with Gasteiger partial charge in [0, 0.05) is 31.6 Å². The number of piperidine rings is 1. The van der Waals surface area contributed by atoms with E-state index in [1.807, 2.05) is 0 Å². The third-order valence-corrected chi connectivity index (χ3v) is 5.86. The molecule has 0 unspecified atom stereocenters. The van der Waals surface area contributed by atoms with E-state index in [2.05, 4.69) is 4.98 Å². The Morgan fingerprint density at radius 1 is 1.06 bits per heavy atom. The topological polar surface area (TPSA) is 110 Å². The maximum atomic E-state index is 13.0. The molecule has 33 heavy (non-hydrogen) atoms. The second kappa shape index (κ2) is 10.5. The van der Waals surface area contributed by atoms with Gasteiger partial charge < -0.3 is 33.7 Å². The molecule has 1 aliphatic heterocycles. The molecule has 1 N–H and O–H groups in total. The van der Waals surface area contributed by atoms with Crippen molar-refractivity contribution in [3.63, 3.8) is 0 Å². The number of carbonyl (C=O) groups is 3. The highest BCUT2D eigenvalue weighted by Gasteiger charge is 2.29. The van der Waals surface area contributed by atoms with Crippen molar-refractivity contribution < 1.29 is 33.3 Å². The van der Waals surface area contributed by atoms with Crippen molar-refractivity contribution in [2.45, 2.75) is 19.8 Å². The molecule has 1 aliphatic rings. The lowest BCUT2D eigenvalue weighted by Crippen LogP contribution is -2.45. The third kappa shape index (κ3) is 4.99. The highest BCUT2D eigenvalue weighted by Crippen LogP contribution is 2.41. The summed E-state index contributed by atoms with van der Waals surface area (Å²) in [6, 6.07) is 3.36. The molecule has 0 atom stereocenters. The molecule has 0 aliphatic carbocycles. The van der Waals surface area contributed by atoms with Crippen molar-refractivity contribution >= 4 is 28.7 Å². The Morgan fingerprint density at radius 3 is 2.30 bits per heavy atom. The lowest BCUT2D eigenvalue weighted by molar-refractivity contribution is -0.151. The number of nitrogens with zero attached hydrogens (tertiary/aromatic N) is 2. The van der Waals surface area contributed by atoms with Gasteiger partial charge in [0.2, 0.25) is 5.91 Å². The number of likely N-dealkylation sites (tertiary alicyclic amines) is 1. The second-order valence-electron chi connectivity index (χ2n) is 7.85. The van der Waals surface area contributed by atoms with Crippen LogP contribution < -0.4 is 14.2 Å². The minimum absolute atomic E-state index is 0.0735. The number of carbonyl (C=O) groups excluding carboxylic acids is 3. The minimum atomic E-state index is -0.343. The molecule has 0 spiro atoms. The molecule has 2 heterocycles. The molecule has 0 saturated carbocycles. The number of fused-ring (bicyclic) bond motifs is 1. The van der Waals surface area contributed by atoms with Gasteiger partial charge in [0.25, 0.3) is 5.91 Å². The fourth-order valence-electron chi connectivity index (χ4n) is 4.06. The molecule has 2 aromatic rings. The highest BCUT2D eigenvalue weighted by atomic mass is 16.5. The van der Waals surface area contributed by atoms with E-state index < -0.39 is 0 Å². The van der Waals surface area contributed by atoms with E-state index >= 15 is 0 Å². The highest BCUT2D eigenvalue weighted by molar-refractivity contribution is 6.03. The third-order valence-electron chi connectivity index (χ3n) is 5.86. The van der Waals surface area contributed by atoms with Gasteiger partial charge in [-0.25, -0.2) is 0 Å². The number of benzene rings is 1. The lowest BCUT2D eigenvalue weighted by Gasteiger charge is -2.32. The van der Waals surface area contributed by atoms with Gasteiger partial charge in [-0.2, -0.15) is 0 Å². The number of aromatic amines is 1. The summed E-state index contributed by atoms with van der Waals surface area (Å²) in [5.74, 6) is 0.555. The predicted octanol–water partition coefficient (Wildman–Crippen LogP) is 2.07. The Morgan fingerprint density at radius 2 is 1.73 bits per heavy atom. The number of aromatic nitrogens is 1. The number of esters is 1. The van der Waals surface area contributed by atoms with Crippen LogP contribution in [0.2, 0.25) is 0 Å². The first kappa shape index (κ1) is 24.2. The number of hydrogen-bond acceptors (Lipinski definition) is 7. The van der Waals surface area contributed by atoms with Crippen LogP contribution in [0.15, 0.2) is 12.1 Å². The fraction of sp³-hybridized carbons (Fsp3) is 0.522. The van der Waals surface area contributed by atoms with Crippen molar-refractivity contribution in [2.75, 3.05) is 54.6 Å². The summed E-state index contributed by atoms with van der Waals surface area (Å²) in [4.78, 5) is 43.8. The lowest BCUT2D eigenvalue weighted by atomic mass is 9.97. The second-order valence-corrected chi connectivity index (χ2v) is 7.85. The first-order valence-corrected chi connectivity index (χ1v) is 10.9. The number of rotatable bonds is 8. The molecule has 3 rings (SSSR count). The Hall–Kier alpha value is -3.43. The standard InChI is InChI=1S/C23H31N3O7/c1-6-33-23(29)14-7-9-26(10-8-14)19(27)13-25(2)22(28)16-11-15-17(30-3)12-18(31-4)21(32-5)20(15)24-16/h11-12,14,24H,6-10,13H2,1-5H3. The van der Waals surface area contributed by atoms with Gasteiger partial charge in [-0.1, -0.05) is 0 Å². The molecule has 2 amide bonds. The average Bonchev–Trinajstić information content (AvgIpc) is 3.27. The van der Waals surface area contributed by atoms with E-state index in [-0.39, 0.29) is 30.2 Å². The first-order chi connectivity index (χ1) is 15.8. The Balaban J connectivity index is 1.70. The van der Waals surface area contributed by atoms with E-state index in [9.17, 15) is 14.4 Å². The summed E-state index contributed by atoms with van der Waals surface area (Å²) in [6.07, 6.45) is 1.12. The van der Waals surface area contributed by atoms with Crippen molar-refractivity contribution in [3.05, 3.63) is 17.8 Å². The van der Waals surface area contributed by atoms with Gasteiger partial charge in [-0.05, 0) is 25.8 Å². The molecule has 1 fully saturated rings. The van der Waals surface area contributed by atoms with Crippen molar-refractivity contribution in [3.8, 4) is 17.2 Å². The summed E-state index contributed by atoms with van der Waals surface area (Å²) in [5.41, 5.74) is 0.865. The van der Waals surface area contributed by atoms with E-state index in [1.54, 1.807) is 31.0 Å². The van der Waals surface area contributed by atoms with Crippen LogP contribution in [-0.4, -0.2) is 87.2 Å². The van der Waals surface area contributed by atoms with E-state index in [1.165, 1.54) is 26.2 Å². The number of likely N-dealkylation sites (N-methyl/N-ethyl adjacent to an activating group) is 1. The van der Waals surface area contributed by atoms with Crippen LogP contribution in [0.25, 0.3) is 10.9 Å². The van der Waals surface area contributed by atoms with E-state index in [4.69, 9.17) is 18.9 Å². The van der Waals surface area contributed by atoms with Gasteiger partial charge in [-0.3, -0.25) is 14.4 Å². The molecular formula is C23H31N3O7. The quantitative estimate of drug-likeness (QED) is 0.599. The van der Waals surface area contributed by atoms with Gasteiger partial charge >= 0.3 is 5.97 Å². The average molecular weight is 462 g/mol. The monoisotopic (exact) mass is 461 g/mol. The van der Waals surface area contributed by atoms with Crippen LogP contribution in [0.5, 0.6) is 17.2 Å². The zero-order valence-corrected chi connectivity index (χ0v) is 19.7. The van der Waals surface area contributed by atoms with Gasteiger partial charge in [0.1, 0.15) is 11.4 Å². The Labute approximate surface area is 192 Å². The Bertz CT molecular complexity index is 1020. The van der Waals surface area contributed by atoms with Crippen molar-refractivity contribution in [2.24, 2.45) is 5.92 Å². The summed E-state index contributed by atoms with van der Waals surface area (Å²) in [7, 11) is 6.15. The molecule has 10 heteroatoms. The molecule has 180 valence electrons. The maximum absolute atomic E-state index is 13.0. The molecular weight excluding hydrogens is 430 g/mol.